The number of guanidine groups is 1. The Morgan fingerprint density at radius 1 is 1.11 bits per heavy atom. The molecule has 0 radical (unpaired) electrons. The van der Waals surface area contributed by atoms with Crippen molar-refractivity contribution in [2.24, 2.45) is 16.5 Å². The van der Waals surface area contributed by atoms with E-state index in [2.05, 4.69) is 24.2 Å². The number of carboxylic acids is 2. The molecule has 0 aliphatic carbocycles. The Balaban J connectivity index is 0.000000905. The van der Waals surface area contributed by atoms with E-state index in [1.807, 2.05) is 24.3 Å². The number of nitrogens with one attached hydrogen (secondary N) is 1. The monoisotopic (exact) mass is 541 g/mol. The Kier molecular flexibility index (Phi) is 12.0. The van der Waals surface area contributed by atoms with E-state index in [0.717, 1.165) is 11.1 Å². The van der Waals surface area contributed by atoms with E-state index in [4.69, 9.17) is 21.4 Å². The molecule has 1 heterocycles. The van der Waals surface area contributed by atoms with Gasteiger partial charge in [-0.3, -0.25) is 14.6 Å². The van der Waals surface area contributed by atoms with Gasteiger partial charge in [-0.1, -0.05) is 38.1 Å². The van der Waals surface area contributed by atoms with E-state index < -0.39 is 35.6 Å². The van der Waals surface area contributed by atoms with Crippen molar-refractivity contribution < 1.29 is 37.8 Å². The summed E-state index contributed by atoms with van der Waals surface area (Å²) in [6.45, 7) is 4.73. The van der Waals surface area contributed by atoms with Crippen LogP contribution in [0.5, 0.6) is 0 Å². The van der Waals surface area contributed by atoms with Crippen molar-refractivity contribution in [2.75, 3.05) is 6.54 Å². The fraction of sp³-hybridized carbons (Fsp3) is 0.375. The summed E-state index contributed by atoms with van der Waals surface area (Å²) in [6, 6.07) is 9.74. The molecular formula is C24H30F3N5O6. The molecule has 0 aliphatic rings. The Morgan fingerprint density at radius 3 is 2.26 bits per heavy atom. The van der Waals surface area contributed by atoms with Gasteiger partial charge >= 0.3 is 18.1 Å². The first kappa shape index (κ1) is 31.7. The first-order chi connectivity index (χ1) is 17.6. The van der Waals surface area contributed by atoms with Crippen LogP contribution in [0, 0.1) is 0 Å². The van der Waals surface area contributed by atoms with Crippen LogP contribution in [-0.2, 0) is 16.1 Å². The molecule has 0 aliphatic heterocycles. The van der Waals surface area contributed by atoms with Crippen molar-refractivity contribution in [1.82, 2.24) is 9.88 Å². The standard InChI is InChI=1S/C22H29N5O4.C2HF3O2/c1-14(2)16-7-3-6-15(12-16)13-27-11-5-8-17(20(27)29)19(28)26-18(21(30)31)9-4-10-25-22(23)24;3-2(4,5)1(6)7/h3,5-8,11-12,14,18H,4,9-10,13H2,1-2H3,(H,26,28)(H,30,31)(H4,23,24,25);(H,6,7)/t18-;/m0./s1. The molecule has 0 fully saturated rings. The number of aliphatic imine (C=N–C) groups is 1. The van der Waals surface area contributed by atoms with E-state index in [1.54, 1.807) is 12.3 Å². The molecular weight excluding hydrogens is 511 g/mol. The van der Waals surface area contributed by atoms with Crippen LogP contribution in [0.1, 0.15) is 54.1 Å². The molecule has 1 aromatic carbocycles. The zero-order valence-corrected chi connectivity index (χ0v) is 20.7. The Hall–Kier alpha value is -4.36. The van der Waals surface area contributed by atoms with Crippen LogP contribution in [-0.4, -0.2) is 57.3 Å². The van der Waals surface area contributed by atoms with Crippen molar-refractivity contribution in [1.29, 1.82) is 0 Å². The minimum Gasteiger partial charge on any atom is -0.480 e. The number of hydrogen-bond donors (Lipinski definition) is 5. The zero-order valence-electron chi connectivity index (χ0n) is 20.7. The predicted molar refractivity (Wildman–Crippen MR) is 133 cm³/mol. The summed E-state index contributed by atoms with van der Waals surface area (Å²) >= 11 is 0. The number of aliphatic carboxylic acids is 2. The topological polar surface area (TPSA) is 190 Å². The number of nitrogens with two attached hydrogens (primary N) is 2. The molecule has 1 aromatic heterocycles. The van der Waals surface area contributed by atoms with Gasteiger partial charge in [0.25, 0.3) is 11.5 Å². The average molecular weight is 542 g/mol. The second-order valence-corrected chi connectivity index (χ2v) is 8.37. The van der Waals surface area contributed by atoms with Crippen LogP contribution in [0.2, 0.25) is 0 Å². The van der Waals surface area contributed by atoms with Crippen LogP contribution >= 0.6 is 0 Å². The summed E-state index contributed by atoms with van der Waals surface area (Å²) in [5.74, 6) is -4.41. The van der Waals surface area contributed by atoms with Gasteiger partial charge in [-0.2, -0.15) is 13.2 Å². The highest BCUT2D eigenvalue weighted by molar-refractivity contribution is 5.96. The highest BCUT2D eigenvalue weighted by atomic mass is 19.4. The highest BCUT2D eigenvalue weighted by Gasteiger charge is 2.38. The number of halogens is 3. The van der Waals surface area contributed by atoms with Gasteiger partial charge in [-0.25, -0.2) is 9.59 Å². The average Bonchev–Trinajstić information content (AvgIpc) is 2.81. The maximum Gasteiger partial charge on any atom is 0.490 e. The molecule has 0 saturated carbocycles. The number of amides is 1. The number of rotatable bonds is 10. The van der Waals surface area contributed by atoms with E-state index >= 15 is 0 Å². The minimum absolute atomic E-state index is 0.0836. The van der Waals surface area contributed by atoms with Crippen LogP contribution in [0.3, 0.4) is 0 Å². The van der Waals surface area contributed by atoms with E-state index in [0.29, 0.717) is 18.9 Å². The lowest BCUT2D eigenvalue weighted by Gasteiger charge is -2.15. The molecule has 11 nitrogen and oxygen atoms in total. The van der Waals surface area contributed by atoms with Gasteiger partial charge in [0.2, 0.25) is 0 Å². The summed E-state index contributed by atoms with van der Waals surface area (Å²) < 4.78 is 33.2. The zero-order chi connectivity index (χ0) is 29.0. The first-order valence-electron chi connectivity index (χ1n) is 11.3. The Morgan fingerprint density at radius 2 is 1.74 bits per heavy atom. The van der Waals surface area contributed by atoms with Gasteiger partial charge in [0.15, 0.2) is 5.96 Å². The molecule has 0 bridgehead atoms. The molecule has 7 N–H and O–H groups in total. The minimum atomic E-state index is -5.08. The van der Waals surface area contributed by atoms with Crippen LogP contribution < -0.4 is 22.3 Å². The molecule has 0 saturated heterocycles. The maximum atomic E-state index is 12.8. The third kappa shape index (κ3) is 10.7. The molecule has 14 heteroatoms. The molecule has 0 spiro atoms. The predicted octanol–water partition coefficient (Wildman–Crippen LogP) is 1.89. The van der Waals surface area contributed by atoms with Crippen LogP contribution in [0.15, 0.2) is 52.4 Å². The lowest BCUT2D eigenvalue weighted by molar-refractivity contribution is -0.192. The second-order valence-electron chi connectivity index (χ2n) is 8.37. The quantitative estimate of drug-likeness (QED) is 0.171. The van der Waals surface area contributed by atoms with Crippen molar-refractivity contribution in [3.05, 3.63) is 69.6 Å². The summed E-state index contributed by atoms with van der Waals surface area (Å²) in [4.78, 5) is 49.6. The largest absolute Gasteiger partial charge is 0.490 e. The van der Waals surface area contributed by atoms with Gasteiger partial charge in [-0.15, -0.1) is 0 Å². The van der Waals surface area contributed by atoms with Crippen LogP contribution in [0.4, 0.5) is 13.2 Å². The number of aromatic nitrogens is 1. The molecule has 208 valence electrons. The third-order valence-corrected chi connectivity index (χ3v) is 5.03. The van der Waals surface area contributed by atoms with E-state index in [9.17, 15) is 32.7 Å². The Labute approximate surface area is 216 Å². The van der Waals surface area contributed by atoms with Crippen molar-refractivity contribution in [3.8, 4) is 0 Å². The third-order valence-electron chi connectivity index (χ3n) is 5.03. The normalized spacial score (nSPS) is 11.6. The maximum absolute atomic E-state index is 12.8. The number of carbonyl (C=O) groups is 3. The second kappa shape index (κ2) is 14.4. The SMILES string of the molecule is CC(C)c1cccc(Cn2cccc(C(=O)N[C@@H](CCCN=C(N)N)C(=O)O)c2=O)c1.O=C(O)C(F)(F)F. The smallest absolute Gasteiger partial charge is 0.480 e. The molecule has 2 rings (SSSR count). The number of nitrogens with zero attached hydrogens (tertiary/aromatic N) is 2. The number of benzene rings is 1. The Bertz CT molecular complexity index is 1210. The van der Waals surface area contributed by atoms with Crippen molar-refractivity contribution >= 4 is 23.8 Å². The van der Waals surface area contributed by atoms with Gasteiger partial charge < -0.3 is 31.6 Å². The summed E-state index contributed by atoms with van der Waals surface area (Å²) in [6.07, 6.45) is -2.99. The number of carboxylic acid groups (broad SMARTS) is 2. The lowest BCUT2D eigenvalue weighted by atomic mass is 10.0. The van der Waals surface area contributed by atoms with Gasteiger partial charge in [-0.05, 0) is 42.0 Å². The molecule has 1 atom stereocenters. The number of alkyl halides is 3. The molecule has 1 amide bonds. The van der Waals surface area contributed by atoms with Gasteiger partial charge in [0.05, 0.1) is 6.54 Å². The molecule has 2 aromatic rings. The van der Waals surface area contributed by atoms with Crippen molar-refractivity contribution in [2.45, 2.75) is 51.4 Å². The van der Waals surface area contributed by atoms with E-state index in [-0.39, 0.29) is 24.5 Å². The fourth-order valence-electron chi connectivity index (χ4n) is 3.08. The number of carbonyl (C=O) groups excluding carboxylic acids is 1. The van der Waals surface area contributed by atoms with Crippen molar-refractivity contribution in [3.63, 3.8) is 0 Å². The molecule has 0 unspecified atom stereocenters. The summed E-state index contributed by atoms with van der Waals surface area (Å²) in [7, 11) is 0. The van der Waals surface area contributed by atoms with E-state index in [1.165, 1.54) is 10.6 Å². The number of pyridine rings is 1. The molecule has 38 heavy (non-hydrogen) atoms. The van der Waals surface area contributed by atoms with Crippen LogP contribution in [0.25, 0.3) is 0 Å². The lowest BCUT2D eigenvalue weighted by Crippen LogP contribution is -2.43. The summed E-state index contributed by atoms with van der Waals surface area (Å²) in [5.41, 5.74) is 12.0. The first-order valence-corrected chi connectivity index (χ1v) is 11.3. The highest BCUT2D eigenvalue weighted by Crippen LogP contribution is 2.16. The van der Waals surface area contributed by atoms with Gasteiger partial charge in [0.1, 0.15) is 11.6 Å². The fourth-order valence-corrected chi connectivity index (χ4v) is 3.08. The van der Waals surface area contributed by atoms with Gasteiger partial charge in [0, 0.05) is 12.7 Å². The summed E-state index contributed by atoms with van der Waals surface area (Å²) in [5, 5.41) is 18.9. The number of hydrogen-bond acceptors (Lipinski definition) is 5.